The third-order valence-corrected chi connectivity index (χ3v) is 4.78. The van der Waals surface area contributed by atoms with E-state index in [-0.39, 0.29) is 23.4 Å². The molecular formula is C19H24ClN7O4. The topological polar surface area (TPSA) is 128 Å². The zero-order chi connectivity index (χ0) is 22.0. The van der Waals surface area contributed by atoms with Gasteiger partial charge in [-0.05, 0) is 19.9 Å². The summed E-state index contributed by atoms with van der Waals surface area (Å²) >= 11 is 6.14. The average Bonchev–Trinajstić information content (AvgIpc) is 3.41. The van der Waals surface area contributed by atoms with E-state index in [1.807, 2.05) is 26.0 Å². The van der Waals surface area contributed by atoms with Crippen molar-refractivity contribution in [3.8, 4) is 0 Å². The van der Waals surface area contributed by atoms with Crippen LogP contribution in [0.3, 0.4) is 0 Å². The van der Waals surface area contributed by atoms with Crippen molar-refractivity contribution in [2.45, 2.75) is 45.1 Å². The number of fused-ring (bicyclic) bond motifs is 1. The molecule has 31 heavy (non-hydrogen) atoms. The Bertz CT molecular complexity index is 1070. The largest absolute Gasteiger partial charge is 0.444 e. The minimum absolute atomic E-state index is 0.0137. The van der Waals surface area contributed by atoms with Crippen molar-refractivity contribution >= 4 is 34.8 Å². The SMILES string of the molecule is COCc1cc2c(Nc3cc([C@@H]4C[C@H](OC(=O)NC(C)C)CO4)[nH]n3)nc(Cl)cn2n1. The summed E-state index contributed by atoms with van der Waals surface area (Å²) in [5.41, 5.74) is 2.26. The van der Waals surface area contributed by atoms with Gasteiger partial charge >= 0.3 is 6.09 Å². The van der Waals surface area contributed by atoms with Crippen LogP contribution in [0.4, 0.5) is 16.4 Å². The third-order valence-electron chi connectivity index (χ3n) is 4.60. The van der Waals surface area contributed by atoms with Crippen molar-refractivity contribution in [1.82, 2.24) is 30.1 Å². The van der Waals surface area contributed by atoms with Gasteiger partial charge in [0.05, 0.1) is 30.8 Å². The van der Waals surface area contributed by atoms with Gasteiger partial charge in [-0.15, -0.1) is 0 Å². The minimum Gasteiger partial charge on any atom is -0.444 e. The normalized spacial score (nSPS) is 18.6. The average molecular weight is 450 g/mol. The number of amides is 1. The van der Waals surface area contributed by atoms with Crippen LogP contribution in [0.15, 0.2) is 18.3 Å². The molecule has 0 bridgehead atoms. The van der Waals surface area contributed by atoms with Crippen molar-refractivity contribution in [2.75, 3.05) is 19.0 Å². The van der Waals surface area contributed by atoms with Crippen molar-refractivity contribution in [2.24, 2.45) is 0 Å². The molecule has 4 heterocycles. The number of H-pyrrole nitrogens is 1. The molecule has 0 unspecified atom stereocenters. The van der Waals surface area contributed by atoms with E-state index in [4.69, 9.17) is 25.8 Å². The molecule has 0 spiro atoms. The quantitative estimate of drug-likeness (QED) is 0.502. The lowest BCUT2D eigenvalue weighted by Crippen LogP contribution is -2.33. The summed E-state index contributed by atoms with van der Waals surface area (Å²) in [5, 5.41) is 17.8. The van der Waals surface area contributed by atoms with Gasteiger partial charge in [0, 0.05) is 25.6 Å². The van der Waals surface area contributed by atoms with Gasteiger partial charge < -0.3 is 24.8 Å². The Morgan fingerprint density at radius 3 is 3.06 bits per heavy atom. The van der Waals surface area contributed by atoms with Crippen LogP contribution in [0.25, 0.3) is 5.52 Å². The highest BCUT2D eigenvalue weighted by atomic mass is 35.5. The number of aromatic amines is 1. The predicted molar refractivity (Wildman–Crippen MR) is 112 cm³/mol. The van der Waals surface area contributed by atoms with Crippen LogP contribution in [0, 0.1) is 0 Å². The molecule has 3 aromatic heterocycles. The number of carbonyl (C=O) groups excluding carboxylic acids is 1. The number of methoxy groups -OCH3 is 1. The second-order valence-corrected chi connectivity index (χ2v) is 7.92. The first-order valence-corrected chi connectivity index (χ1v) is 10.2. The Kier molecular flexibility index (Phi) is 6.25. The van der Waals surface area contributed by atoms with E-state index in [0.717, 1.165) is 16.9 Å². The van der Waals surface area contributed by atoms with Crippen LogP contribution in [0.2, 0.25) is 5.15 Å². The standard InChI is InChI=1S/C19H24ClN7O4/c1-10(2)21-19(28)31-12-5-15(30-9-12)13-6-17(25-24-13)23-18-14-4-11(8-29-3)26-27(14)7-16(20)22-18/h4,6-7,10,12,15H,5,8-9H2,1-3H3,(H,21,28)(H2,22,23,24,25)/t12-,15-/m0/s1. The Morgan fingerprint density at radius 1 is 1.45 bits per heavy atom. The molecule has 4 rings (SSSR count). The van der Waals surface area contributed by atoms with Crippen LogP contribution in [0.1, 0.15) is 37.8 Å². The van der Waals surface area contributed by atoms with Crippen LogP contribution in [-0.2, 0) is 20.8 Å². The maximum Gasteiger partial charge on any atom is 0.407 e. The monoisotopic (exact) mass is 449 g/mol. The molecule has 12 heteroatoms. The first kappa shape index (κ1) is 21.3. The van der Waals surface area contributed by atoms with Gasteiger partial charge in [0.2, 0.25) is 0 Å². The number of aromatic nitrogens is 5. The van der Waals surface area contributed by atoms with Crippen molar-refractivity contribution in [3.63, 3.8) is 0 Å². The van der Waals surface area contributed by atoms with E-state index >= 15 is 0 Å². The van der Waals surface area contributed by atoms with Crippen molar-refractivity contribution < 1.29 is 19.0 Å². The fourth-order valence-corrected chi connectivity index (χ4v) is 3.51. The first-order valence-electron chi connectivity index (χ1n) is 9.86. The van der Waals surface area contributed by atoms with Crippen molar-refractivity contribution in [3.05, 3.63) is 34.9 Å². The van der Waals surface area contributed by atoms with Gasteiger partial charge in [-0.3, -0.25) is 5.10 Å². The number of nitrogens with one attached hydrogen (secondary N) is 3. The van der Waals surface area contributed by atoms with E-state index in [2.05, 4.69) is 30.9 Å². The number of halogens is 1. The van der Waals surface area contributed by atoms with Gasteiger partial charge in [0.1, 0.15) is 22.9 Å². The highest BCUT2D eigenvalue weighted by Gasteiger charge is 2.31. The summed E-state index contributed by atoms with van der Waals surface area (Å²) in [6.45, 7) is 4.45. The summed E-state index contributed by atoms with van der Waals surface area (Å²) in [6, 6.07) is 3.71. The fourth-order valence-electron chi connectivity index (χ4n) is 3.33. The Hall–Kier alpha value is -2.89. The van der Waals surface area contributed by atoms with Gasteiger partial charge in [-0.2, -0.15) is 10.2 Å². The molecule has 0 aromatic carbocycles. The number of hydrogen-bond acceptors (Lipinski definition) is 8. The van der Waals surface area contributed by atoms with Crippen LogP contribution in [0.5, 0.6) is 0 Å². The molecule has 1 aliphatic rings. The predicted octanol–water partition coefficient (Wildman–Crippen LogP) is 2.96. The Morgan fingerprint density at radius 2 is 2.29 bits per heavy atom. The van der Waals surface area contributed by atoms with Gasteiger partial charge in [0.15, 0.2) is 11.6 Å². The van der Waals surface area contributed by atoms with Gasteiger partial charge in [-0.25, -0.2) is 14.3 Å². The minimum atomic E-state index is -0.444. The highest BCUT2D eigenvalue weighted by molar-refractivity contribution is 6.29. The summed E-state index contributed by atoms with van der Waals surface area (Å²) in [5.74, 6) is 1.06. The Balaban J connectivity index is 1.43. The molecule has 166 valence electrons. The summed E-state index contributed by atoms with van der Waals surface area (Å²) in [7, 11) is 1.61. The lowest BCUT2D eigenvalue weighted by Gasteiger charge is -2.13. The van der Waals surface area contributed by atoms with E-state index in [9.17, 15) is 4.79 Å². The number of anilines is 2. The number of ether oxygens (including phenoxy) is 3. The fraction of sp³-hybridized carbons (Fsp3) is 0.474. The zero-order valence-corrected chi connectivity index (χ0v) is 18.1. The van der Waals surface area contributed by atoms with Crippen molar-refractivity contribution in [1.29, 1.82) is 0 Å². The number of alkyl carbamates (subject to hydrolysis) is 1. The molecule has 11 nitrogen and oxygen atoms in total. The number of hydrogen-bond donors (Lipinski definition) is 3. The van der Waals surface area contributed by atoms with Crippen LogP contribution in [-0.4, -0.2) is 56.8 Å². The second-order valence-electron chi connectivity index (χ2n) is 7.53. The molecule has 0 saturated carbocycles. The van der Waals surface area contributed by atoms with E-state index in [0.29, 0.717) is 31.3 Å². The lowest BCUT2D eigenvalue weighted by atomic mass is 10.1. The number of carbonyl (C=O) groups is 1. The second kappa shape index (κ2) is 9.08. The molecule has 1 amide bonds. The smallest absolute Gasteiger partial charge is 0.407 e. The van der Waals surface area contributed by atoms with Gasteiger partial charge in [-0.1, -0.05) is 11.6 Å². The maximum absolute atomic E-state index is 11.8. The number of rotatable bonds is 7. The molecular weight excluding hydrogens is 426 g/mol. The van der Waals surface area contributed by atoms with E-state index in [1.54, 1.807) is 17.8 Å². The first-order chi connectivity index (χ1) is 14.9. The maximum atomic E-state index is 11.8. The molecule has 1 fully saturated rings. The third kappa shape index (κ3) is 5.06. The molecule has 0 radical (unpaired) electrons. The van der Waals surface area contributed by atoms with E-state index in [1.165, 1.54) is 0 Å². The molecule has 2 atom stereocenters. The molecule has 3 N–H and O–H groups in total. The molecule has 0 aliphatic carbocycles. The summed E-state index contributed by atoms with van der Waals surface area (Å²) < 4.78 is 17.9. The highest BCUT2D eigenvalue weighted by Crippen LogP contribution is 2.31. The lowest BCUT2D eigenvalue weighted by molar-refractivity contribution is 0.0682. The van der Waals surface area contributed by atoms with Gasteiger partial charge in [0.25, 0.3) is 0 Å². The summed E-state index contributed by atoms with van der Waals surface area (Å²) in [4.78, 5) is 16.1. The number of nitrogens with zero attached hydrogens (tertiary/aromatic N) is 4. The summed E-state index contributed by atoms with van der Waals surface area (Å²) in [6.07, 6.45) is 1.15. The molecule has 1 saturated heterocycles. The van der Waals surface area contributed by atoms with Crippen LogP contribution < -0.4 is 10.6 Å². The molecule has 3 aromatic rings. The van der Waals surface area contributed by atoms with E-state index < -0.39 is 6.09 Å². The van der Waals surface area contributed by atoms with Crippen LogP contribution >= 0.6 is 11.6 Å². The zero-order valence-electron chi connectivity index (χ0n) is 17.4. The molecule has 1 aliphatic heterocycles. The Labute approximate surface area is 183 Å².